The van der Waals surface area contributed by atoms with Crippen LogP contribution in [0.3, 0.4) is 0 Å². The molecule has 4 heteroatoms. The van der Waals surface area contributed by atoms with Crippen LogP contribution in [-0.4, -0.2) is 42.4 Å². The smallest absolute Gasteiger partial charge is 0.410 e. The van der Waals surface area contributed by atoms with Gasteiger partial charge < -0.3 is 14.4 Å². The molecule has 1 saturated heterocycles. The zero-order chi connectivity index (χ0) is 12.7. The Hall–Kier alpha value is -0.770. The van der Waals surface area contributed by atoms with Crippen molar-refractivity contribution in [3.8, 4) is 0 Å². The number of nitrogens with zero attached hydrogens (tertiary/aromatic N) is 1. The maximum Gasteiger partial charge on any atom is 0.410 e. The van der Waals surface area contributed by atoms with E-state index in [1.165, 1.54) is 12.8 Å². The Labute approximate surface area is 103 Å². The summed E-state index contributed by atoms with van der Waals surface area (Å²) >= 11 is 0. The first kappa shape index (κ1) is 12.7. The molecule has 1 atom stereocenters. The third kappa shape index (κ3) is 3.35. The summed E-state index contributed by atoms with van der Waals surface area (Å²) in [6.07, 6.45) is 2.22. The number of hydrogen-bond donors (Lipinski definition) is 0. The second kappa shape index (κ2) is 4.16. The van der Waals surface area contributed by atoms with Gasteiger partial charge in [-0.05, 0) is 40.5 Å². The van der Waals surface area contributed by atoms with Crippen LogP contribution in [0.1, 0.15) is 40.5 Å². The standard InChI is InChI=1S/C13H23NO3/c1-10-7-14(11(15)17-12(2,3)4)8-13(5-6-13)9-16-10/h10H,5-9H2,1-4H3/t10-/m1/s1. The van der Waals surface area contributed by atoms with Gasteiger partial charge in [0.25, 0.3) is 0 Å². The van der Waals surface area contributed by atoms with E-state index in [1.807, 2.05) is 32.6 Å². The molecule has 17 heavy (non-hydrogen) atoms. The van der Waals surface area contributed by atoms with Gasteiger partial charge in [-0.15, -0.1) is 0 Å². The Balaban J connectivity index is 2.00. The zero-order valence-electron chi connectivity index (χ0n) is 11.3. The van der Waals surface area contributed by atoms with Gasteiger partial charge in [-0.25, -0.2) is 4.79 Å². The molecule has 1 spiro atoms. The molecule has 0 aromatic heterocycles. The maximum absolute atomic E-state index is 12.1. The molecule has 0 bridgehead atoms. The predicted octanol–water partition coefficient (Wildman–Crippen LogP) is 2.42. The Morgan fingerprint density at radius 1 is 1.41 bits per heavy atom. The van der Waals surface area contributed by atoms with Crippen molar-refractivity contribution in [1.29, 1.82) is 0 Å². The molecule has 1 aliphatic heterocycles. The van der Waals surface area contributed by atoms with E-state index < -0.39 is 5.60 Å². The van der Waals surface area contributed by atoms with Crippen LogP contribution in [0.2, 0.25) is 0 Å². The quantitative estimate of drug-likeness (QED) is 0.654. The fourth-order valence-electron chi connectivity index (χ4n) is 2.14. The third-order valence-corrected chi connectivity index (χ3v) is 3.29. The van der Waals surface area contributed by atoms with E-state index in [2.05, 4.69) is 0 Å². The molecule has 4 nitrogen and oxygen atoms in total. The van der Waals surface area contributed by atoms with Crippen LogP contribution in [0.15, 0.2) is 0 Å². The number of hydrogen-bond acceptors (Lipinski definition) is 3. The van der Waals surface area contributed by atoms with Crippen molar-refractivity contribution in [2.75, 3.05) is 19.7 Å². The lowest BCUT2D eigenvalue weighted by Crippen LogP contribution is -2.41. The molecular weight excluding hydrogens is 218 g/mol. The van der Waals surface area contributed by atoms with Gasteiger partial charge in [0.2, 0.25) is 0 Å². The highest BCUT2D eigenvalue weighted by Crippen LogP contribution is 2.47. The second-order valence-electron chi connectivity index (χ2n) is 6.48. The number of carbonyl (C=O) groups excluding carboxylic acids is 1. The molecule has 1 heterocycles. The topological polar surface area (TPSA) is 38.8 Å². The Morgan fingerprint density at radius 3 is 2.59 bits per heavy atom. The normalized spacial score (nSPS) is 27.8. The summed E-state index contributed by atoms with van der Waals surface area (Å²) in [6, 6.07) is 0. The first-order valence-corrected chi connectivity index (χ1v) is 6.39. The molecule has 0 radical (unpaired) electrons. The van der Waals surface area contributed by atoms with Gasteiger partial charge >= 0.3 is 6.09 Å². The molecule has 0 aromatic rings. The van der Waals surface area contributed by atoms with Gasteiger partial charge in [-0.2, -0.15) is 0 Å². The molecule has 1 amide bonds. The van der Waals surface area contributed by atoms with Gasteiger partial charge in [-0.3, -0.25) is 0 Å². The number of amides is 1. The monoisotopic (exact) mass is 241 g/mol. The highest BCUT2D eigenvalue weighted by atomic mass is 16.6. The first-order valence-electron chi connectivity index (χ1n) is 6.39. The van der Waals surface area contributed by atoms with Crippen molar-refractivity contribution in [2.45, 2.75) is 52.2 Å². The van der Waals surface area contributed by atoms with Crippen molar-refractivity contribution >= 4 is 6.09 Å². The average molecular weight is 241 g/mol. The number of rotatable bonds is 0. The number of carbonyl (C=O) groups is 1. The number of ether oxygens (including phenoxy) is 2. The van der Waals surface area contributed by atoms with Crippen molar-refractivity contribution < 1.29 is 14.3 Å². The molecule has 0 aromatic carbocycles. The molecule has 98 valence electrons. The lowest BCUT2D eigenvalue weighted by molar-refractivity contribution is 0.0172. The average Bonchev–Trinajstić information content (AvgIpc) is 2.94. The van der Waals surface area contributed by atoms with Crippen LogP contribution in [0, 0.1) is 5.41 Å². The molecular formula is C13H23NO3. The lowest BCUT2D eigenvalue weighted by atomic mass is 10.1. The van der Waals surface area contributed by atoms with Crippen LogP contribution in [0.5, 0.6) is 0 Å². The van der Waals surface area contributed by atoms with Crippen molar-refractivity contribution in [3.05, 3.63) is 0 Å². The van der Waals surface area contributed by atoms with Crippen LogP contribution < -0.4 is 0 Å². The van der Waals surface area contributed by atoms with Crippen LogP contribution >= 0.6 is 0 Å². The Bertz CT molecular complexity index is 304. The van der Waals surface area contributed by atoms with Gasteiger partial charge in [-0.1, -0.05) is 0 Å². The van der Waals surface area contributed by atoms with E-state index >= 15 is 0 Å². The molecule has 0 unspecified atom stereocenters. The van der Waals surface area contributed by atoms with E-state index in [-0.39, 0.29) is 17.6 Å². The fourth-order valence-corrected chi connectivity index (χ4v) is 2.14. The summed E-state index contributed by atoms with van der Waals surface area (Å²) in [6.45, 7) is 9.91. The minimum atomic E-state index is -0.426. The summed E-state index contributed by atoms with van der Waals surface area (Å²) in [4.78, 5) is 13.9. The zero-order valence-corrected chi connectivity index (χ0v) is 11.3. The summed E-state index contributed by atoms with van der Waals surface area (Å²) in [5.74, 6) is 0. The van der Waals surface area contributed by atoms with Crippen LogP contribution in [0.25, 0.3) is 0 Å². The van der Waals surface area contributed by atoms with E-state index in [0.29, 0.717) is 6.54 Å². The van der Waals surface area contributed by atoms with Gasteiger partial charge in [0.1, 0.15) is 5.60 Å². The first-order chi connectivity index (χ1) is 7.80. The second-order valence-corrected chi connectivity index (χ2v) is 6.48. The van der Waals surface area contributed by atoms with E-state index in [9.17, 15) is 4.79 Å². The van der Waals surface area contributed by atoms with Crippen molar-refractivity contribution in [1.82, 2.24) is 4.90 Å². The molecule has 0 N–H and O–H groups in total. The van der Waals surface area contributed by atoms with Gasteiger partial charge in [0.05, 0.1) is 12.7 Å². The summed E-state index contributed by atoms with van der Waals surface area (Å²) in [7, 11) is 0. The fraction of sp³-hybridized carbons (Fsp3) is 0.923. The summed E-state index contributed by atoms with van der Waals surface area (Å²) in [5.41, 5.74) is -0.203. The third-order valence-electron chi connectivity index (χ3n) is 3.29. The lowest BCUT2D eigenvalue weighted by Gasteiger charge is -2.28. The van der Waals surface area contributed by atoms with Crippen LogP contribution in [0.4, 0.5) is 4.79 Å². The Morgan fingerprint density at radius 2 is 2.06 bits per heavy atom. The largest absolute Gasteiger partial charge is 0.444 e. The van der Waals surface area contributed by atoms with Crippen molar-refractivity contribution in [3.63, 3.8) is 0 Å². The van der Waals surface area contributed by atoms with E-state index in [0.717, 1.165) is 13.2 Å². The predicted molar refractivity (Wildman–Crippen MR) is 64.9 cm³/mol. The maximum atomic E-state index is 12.1. The van der Waals surface area contributed by atoms with Gasteiger partial charge in [0.15, 0.2) is 0 Å². The summed E-state index contributed by atoms with van der Waals surface area (Å²) in [5, 5.41) is 0. The molecule has 2 aliphatic rings. The van der Waals surface area contributed by atoms with E-state index in [1.54, 1.807) is 0 Å². The SMILES string of the molecule is C[C@@H]1CN(C(=O)OC(C)(C)C)CC2(CC2)CO1. The highest BCUT2D eigenvalue weighted by Gasteiger charge is 2.47. The Kier molecular flexibility index (Phi) is 3.10. The van der Waals surface area contributed by atoms with Gasteiger partial charge in [0, 0.05) is 18.5 Å². The van der Waals surface area contributed by atoms with Crippen LogP contribution in [-0.2, 0) is 9.47 Å². The molecule has 1 aliphatic carbocycles. The minimum absolute atomic E-state index is 0.0995. The molecule has 2 rings (SSSR count). The molecule has 2 fully saturated rings. The molecule has 1 saturated carbocycles. The highest BCUT2D eigenvalue weighted by molar-refractivity contribution is 5.68. The van der Waals surface area contributed by atoms with Crippen molar-refractivity contribution in [2.24, 2.45) is 5.41 Å². The van der Waals surface area contributed by atoms with E-state index in [4.69, 9.17) is 9.47 Å². The summed E-state index contributed by atoms with van der Waals surface area (Å²) < 4.78 is 11.2. The minimum Gasteiger partial charge on any atom is -0.444 e.